The van der Waals surface area contributed by atoms with Crippen molar-refractivity contribution in [3.8, 4) is 18.1 Å². The third kappa shape index (κ3) is 3.25. The van der Waals surface area contributed by atoms with Gasteiger partial charge in [-0.15, -0.1) is 6.42 Å². The van der Waals surface area contributed by atoms with Crippen LogP contribution in [-0.4, -0.2) is 27.0 Å². The third-order valence-electron chi connectivity index (χ3n) is 2.25. The van der Waals surface area contributed by atoms with Gasteiger partial charge in [-0.2, -0.15) is 0 Å². The van der Waals surface area contributed by atoms with E-state index in [-0.39, 0.29) is 12.2 Å². The van der Waals surface area contributed by atoms with Crippen molar-refractivity contribution in [1.82, 2.24) is 0 Å². The molecule has 1 aromatic carbocycles. The molecule has 0 saturated carbocycles. The largest absolute Gasteiger partial charge is 0.494 e. The Kier molecular flexibility index (Phi) is 4.20. The number of terminal acetylenes is 1. The lowest BCUT2D eigenvalue weighted by atomic mass is 10.2. The zero-order valence-electron chi connectivity index (χ0n) is 10.1. The van der Waals surface area contributed by atoms with Crippen LogP contribution in [0.15, 0.2) is 12.1 Å². The first kappa shape index (κ1) is 13.6. The van der Waals surface area contributed by atoms with Crippen LogP contribution in [0.3, 0.4) is 0 Å². The summed E-state index contributed by atoms with van der Waals surface area (Å²) >= 11 is 0. The molecule has 1 N–H and O–H groups in total. The molecule has 0 heterocycles. The summed E-state index contributed by atoms with van der Waals surface area (Å²) in [5.74, 6) is 2.14. The molecule has 0 radical (unpaired) electrons. The predicted octanol–water partition coefficient (Wildman–Crippen LogP) is 2.13. The second-order valence-corrected chi connectivity index (χ2v) is 7.13. The Hall–Kier alpha value is -1.46. The van der Waals surface area contributed by atoms with E-state index >= 15 is 0 Å². The van der Waals surface area contributed by atoms with Gasteiger partial charge in [-0.05, 0) is 25.5 Å². The van der Waals surface area contributed by atoms with Crippen molar-refractivity contribution in [2.45, 2.75) is 0 Å². The molecule has 3 nitrogen and oxygen atoms in total. The fraction of sp³-hybridized carbons (Fsp3) is 0.333. The minimum atomic E-state index is -2.52. The van der Waals surface area contributed by atoms with Crippen molar-refractivity contribution in [3.05, 3.63) is 17.9 Å². The number of anilines is 1. The highest BCUT2D eigenvalue weighted by Crippen LogP contribution is 2.38. The van der Waals surface area contributed by atoms with Gasteiger partial charge >= 0.3 is 0 Å². The van der Waals surface area contributed by atoms with Gasteiger partial charge in [-0.3, -0.25) is 0 Å². The molecular weight excluding hydrogens is 240 g/mol. The maximum Gasteiger partial charge on any atom is 0.150 e. The van der Waals surface area contributed by atoms with Crippen molar-refractivity contribution in [3.63, 3.8) is 0 Å². The second kappa shape index (κ2) is 5.25. The van der Waals surface area contributed by atoms with E-state index in [0.29, 0.717) is 11.1 Å². The van der Waals surface area contributed by atoms with Crippen LogP contribution >= 0.6 is 7.14 Å². The van der Waals surface area contributed by atoms with Crippen LogP contribution in [0.1, 0.15) is 0 Å². The highest BCUT2D eigenvalue weighted by atomic mass is 31.2. The minimum absolute atomic E-state index is 0.197. The minimum Gasteiger partial charge on any atom is -0.494 e. The summed E-state index contributed by atoms with van der Waals surface area (Å²) in [5.41, 5.74) is 0.197. The summed E-state index contributed by atoms with van der Waals surface area (Å²) in [6, 6.07) is 2.82. The normalized spacial score (nSPS) is 10.8. The van der Waals surface area contributed by atoms with E-state index < -0.39 is 13.0 Å². The van der Waals surface area contributed by atoms with Crippen LogP contribution in [0.4, 0.5) is 10.1 Å². The molecule has 1 rings (SSSR count). The van der Waals surface area contributed by atoms with Gasteiger partial charge in [0.1, 0.15) is 18.6 Å². The molecular formula is C12H15FNO2P. The monoisotopic (exact) mass is 255 g/mol. The lowest BCUT2D eigenvalue weighted by Crippen LogP contribution is -2.10. The van der Waals surface area contributed by atoms with Crippen molar-refractivity contribution >= 4 is 18.1 Å². The van der Waals surface area contributed by atoms with E-state index in [2.05, 4.69) is 11.2 Å². The maximum atomic E-state index is 13.8. The zero-order chi connectivity index (χ0) is 13.1. The number of benzene rings is 1. The molecule has 5 heteroatoms. The quantitative estimate of drug-likeness (QED) is 0.661. The highest BCUT2D eigenvalue weighted by Gasteiger charge is 2.18. The first-order valence-corrected chi connectivity index (χ1v) is 7.60. The Morgan fingerprint density at radius 1 is 1.53 bits per heavy atom. The number of methoxy groups -OCH3 is 1. The van der Waals surface area contributed by atoms with Crippen LogP contribution in [-0.2, 0) is 4.57 Å². The van der Waals surface area contributed by atoms with E-state index in [9.17, 15) is 8.96 Å². The average molecular weight is 255 g/mol. The molecule has 0 aromatic heterocycles. The van der Waals surface area contributed by atoms with Crippen LogP contribution < -0.4 is 15.4 Å². The van der Waals surface area contributed by atoms with Crippen molar-refractivity contribution in [1.29, 1.82) is 0 Å². The molecule has 0 bridgehead atoms. The van der Waals surface area contributed by atoms with Crippen molar-refractivity contribution in [2.24, 2.45) is 0 Å². The van der Waals surface area contributed by atoms with Crippen LogP contribution in [0, 0.1) is 18.2 Å². The molecule has 0 spiro atoms. The standard InChI is InChI=1S/C12H15FNO2P/c1-5-6-14-12-10(13)7-9(17(3,4)15)8-11(12)16-2/h1,7-8,14H,6H2,2-4H3. The van der Waals surface area contributed by atoms with Gasteiger partial charge in [0.15, 0.2) is 5.82 Å². The molecule has 0 aliphatic carbocycles. The molecule has 0 fully saturated rings. The van der Waals surface area contributed by atoms with E-state index in [1.165, 1.54) is 13.2 Å². The summed E-state index contributed by atoms with van der Waals surface area (Å²) in [6.45, 7) is 3.36. The van der Waals surface area contributed by atoms with Gasteiger partial charge in [-0.1, -0.05) is 5.92 Å². The molecule has 1 aromatic rings. The number of rotatable bonds is 4. The van der Waals surface area contributed by atoms with Crippen LogP contribution in [0.5, 0.6) is 5.75 Å². The second-order valence-electron chi connectivity index (χ2n) is 3.91. The number of hydrogen-bond acceptors (Lipinski definition) is 3. The van der Waals surface area contributed by atoms with Crippen LogP contribution in [0.2, 0.25) is 0 Å². The van der Waals surface area contributed by atoms with E-state index in [4.69, 9.17) is 11.2 Å². The van der Waals surface area contributed by atoms with Gasteiger partial charge in [0, 0.05) is 5.30 Å². The van der Waals surface area contributed by atoms with Gasteiger partial charge < -0.3 is 14.6 Å². The highest BCUT2D eigenvalue weighted by molar-refractivity contribution is 7.70. The smallest absolute Gasteiger partial charge is 0.150 e. The first-order chi connectivity index (χ1) is 7.90. The molecule has 0 aliphatic rings. The Morgan fingerprint density at radius 3 is 2.65 bits per heavy atom. The SMILES string of the molecule is C#CCNc1c(F)cc(P(C)(C)=O)cc1OC. The van der Waals surface area contributed by atoms with Crippen molar-refractivity contribution < 1.29 is 13.7 Å². The van der Waals surface area contributed by atoms with E-state index in [0.717, 1.165) is 0 Å². The molecule has 0 saturated heterocycles. The Morgan fingerprint density at radius 2 is 2.18 bits per heavy atom. The van der Waals surface area contributed by atoms with E-state index in [1.807, 2.05) is 0 Å². The number of nitrogens with one attached hydrogen (secondary N) is 1. The average Bonchev–Trinajstić information content (AvgIpc) is 2.25. The summed E-state index contributed by atoms with van der Waals surface area (Å²) in [7, 11) is -1.09. The molecule has 17 heavy (non-hydrogen) atoms. The number of ether oxygens (including phenoxy) is 1. The molecule has 92 valence electrons. The van der Waals surface area contributed by atoms with Gasteiger partial charge in [0.25, 0.3) is 0 Å². The summed E-state index contributed by atoms with van der Waals surface area (Å²) in [5, 5.41) is 3.18. The summed E-state index contributed by atoms with van der Waals surface area (Å²) in [4.78, 5) is 0. The number of hydrogen-bond donors (Lipinski definition) is 1. The van der Waals surface area contributed by atoms with Crippen LogP contribution in [0.25, 0.3) is 0 Å². The van der Waals surface area contributed by atoms with Gasteiger partial charge in [0.05, 0.1) is 13.7 Å². The Balaban J connectivity index is 3.27. The lowest BCUT2D eigenvalue weighted by molar-refractivity contribution is 0.414. The summed E-state index contributed by atoms with van der Waals surface area (Å²) in [6.07, 6.45) is 5.10. The molecule has 0 unspecified atom stereocenters. The summed E-state index contributed by atoms with van der Waals surface area (Å²) < 4.78 is 30.8. The Bertz CT molecular complexity index is 502. The molecule has 0 atom stereocenters. The van der Waals surface area contributed by atoms with E-state index in [1.54, 1.807) is 19.4 Å². The number of halogens is 1. The maximum absolute atomic E-state index is 13.8. The molecule has 0 aliphatic heterocycles. The fourth-order valence-corrected chi connectivity index (χ4v) is 2.20. The van der Waals surface area contributed by atoms with Crippen molar-refractivity contribution in [2.75, 3.05) is 32.3 Å². The predicted molar refractivity (Wildman–Crippen MR) is 69.4 cm³/mol. The fourth-order valence-electron chi connectivity index (χ4n) is 1.35. The van der Waals surface area contributed by atoms with Gasteiger partial charge in [0.2, 0.25) is 0 Å². The topological polar surface area (TPSA) is 38.3 Å². The molecule has 0 amide bonds. The zero-order valence-corrected chi connectivity index (χ0v) is 11.0. The van der Waals surface area contributed by atoms with Gasteiger partial charge in [-0.25, -0.2) is 4.39 Å². The Labute approximate surface area is 101 Å². The first-order valence-electron chi connectivity index (χ1n) is 5.00. The third-order valence-corrected chi connectivity index (χ3v) is 3.75. The lowest BCUT2D eigenvalue weighted by Gasteiger charge is -2.14.